The Balaban J connectivity index is 1.11. The Morgan fingerprint density at radius 1 is 0.436 bits per heavy atom. The summed E-state index contributed by atoms with van der Waals surface area (Å²) < 4.78 is 6.45. The van der Waals surface area contributed by atoms with E-state index in [1.807, 2.05) is 18.2 Å². The van der Waals surface area contributed by atoms with Crippen LogP contribution < -0.4 is 0 Å². The van der Waals surface area contributed by atoms with Crippen molar-refractivity contribution in [1.29, 1.82) is 0 Å². The highest BCUT2D eigenvalue weighted by molar-refractivity contribution is 6.15. The van der Waals surface area contributed by atoms with Gasteiger partial charge in [-0.2, -0.15) is 0 Å². The molecule has 2 aromatic heterocycles. The van der Waals surface area contributed by atoms with E-state index in [4.69, 9.17) is 14.4 Å². The van der Waals surface area contributed by atoms with Gasteiger partial charge >= 0.3 is 0 Å². The standard InChI is InChI=1S/C52H34N2O/c1-52(38-21-6-3-7-22-38)43-26-11-10-23-40(43)49-41(25-13-27-44(49)52)46-32-45(53-51(54-46)33-15-4-2-5-16-33)37-20-12-19-36(29-37)39-24-14-28-47-50(39)42-30-34-17-8-9-18-35(34)31-48(42)55-47/h2-32H,1H3. The minimum atomic E-state index is -0.305. The van der Waals surface area contributed by atoms with Crippen molar-refractivity contribution in [2.24, 2.45) is 0 Å². The molecule has 0 saturated carbocycles. The van der Waals surface area contributed by atoms with Crippen molar-refractivity contribution < 1.29 is 4.42 Å². The van der Waals surface area contributed by atoms with Gasteiger partial charge in [0.25, 0.3) is 0 Å². The number of rotatable bonds is 5. The average molecular weight is 703 g/mol. The SMILES string of the molecule is CC1(c2ccccc2)c2ccccc2-c2c(-c3cc(-c4cccc(-c5cccc6oc7cc8ccccc8cc7c56)c4)nc(-c4ccccc4)n3)cccc21. The minimum absolute atomic E-state index is 0.305. The number of nitrogens with zero attached hydrogens (tertiary/aromatic N) is 2. The lowest BCUT2D eigenvalue weighted by Gasteiger charge is -2.28. The molecule has 1 atom stereocenters. The second kappa shape index (κ2) is 12.2. The third kappa shape index (κ3) is 4.90. The summed E-state index contributed by atoms with van der Waals surface area (Å²) in [5.74, 6) is 0.697. The van der Waals surface area contributed by atoms with Gasteiger partial charge < -0.3 is 4.42 Å². The first kappa shape index (κ1) is 31.4. The molecule has 0 fully saturated rings. The highest BCUT2D eigenvalue weighted by atomic mass is 16.3. The summed E-state index contributed by atoms with van der Waals surface area (Å²) in [6.45, 7) is 2.36. The van der Waals surface area contributed by atoms with Gasteiger partial charge in [-0.15, -0.1) is 0 Å². The van der Waals surface area contributed by atoms with Crippen molar-refractivity contribution in [3.8, 4) is 56.2 Å². The summed E-state index contributed by atoms with van der Waals surface area (Å²) in [5.41, 5.74) is 14.9. The largest absolute Gasteiger partial charge is 0.456 e. The summed E-state index contributed by atoms with van der Waals surface area (Å²) in [7, 11) is 0. The van der Waals surface area contributed by atoms with Crippen LogP contribution in [0.25, 0.3) is 88.9 Å². The van der Waals surface area contributed by atoms with Crippen molar-refractivity contribution in [3.05, 3.63) is 205 Å². The van der Waals surface area contributed by atoms with Gasteiger partial charge in [-0.1, -0.05) is 158 Å². The second-order valence-corrected chi connectivity index (χ2v) is 14.6. The molecule has 8 aromatic carbocycles. The van der Waals surface area contributed by atoms with Crippen LogP contribution in [0.15, 0.2) is 192 Å². The molecule has 0 saturated heterocycles. The van der Waals surface area contributed by atoms with E-state index in [2.05, 4.69) is 177 Å². The Morgan fingerprint density at radius 3 is 1.91 bits per heavy atom. The van der Waals surface area contributed by atoms with Crippen LogP contribution in [0, 0.1) is 0 Å². The Morgan fingerprint density at radius 2 is 1.05 bits per heavy atom. The van der Waals surface area contributed by atoms with E-state index in [0.717, 1.165) is 61.1 Å². The third-order valence-electron chi connectivity index (χ3n) is 11.6. The van der Waals surface area contributed by atoms with Gasteiger partial charge in [0.15, 0.2) is 5.82 Å². The van der Waals surface area contributed by atoms with Gasteiger partial charge in [0.05, 0.1) is 11.4 Å². The summed E-state index contributed by atoms with van der Waals surface area (Å²) >= 11 is 0. The zero-order valence-corrected chi connectivity index (χ0v) is 30.2. The van der Waals surface area contributed by atoms with Crippen LogP contribution in [0.5, 0.6) is 0 Å². The van der Waals surface area contributed by atoms with Gasteiger partial charge in [0.2, 0.25) is 0 Å². The van der Waals surface area contributed by atoms with Crippen molar-refractivity contribution in [1.82, 2.24) is 9.97 Å². The second-order valence-electron chi connectivity index (χ2n) is 14.6. The van der Waals surface area contributed by atoms with E-state index in [0.29, 0.717) is 5.82 Å². The lowest BCUT2D eigenvalue weighted by molar-refractivity contribution is 0.669. The highest BCUT2D eigenvalue weighted by Crippen LogP contribution is 2.55. The van der Waals surface area contributed by atoms with E-state index < -0.39 is 0 Å². The zero-order chi connectivity index (χ0) is 36.5. The van der Waals surface area contributed by atoms with Gasteiger partial charge in [-0.25, -0.2) is 9.97 Å². The van der Waals surface area contributed by atoms with E-state index in [1.54, 1.807) is 0 Å². The van der Waals surface area contributed by atoms with Crippen LogP contribution in [0.4, 0.5) is 0 Å². The predicted molar refractivity (Wildman–Crippen MR) is 226 cm³/mol. The van der Waals surface area contributed by atoms with Gasteiger partial charge in [-0.3, -0.25) is 0 Å². The van der Waals surface area contributed by atoms with Crippen LogP contribution in [-0.4, -0.2) is 9.97 Å². The fourth-order valence-electron chi connectivity index (χ4n) is 8.89. The molecule has 3 heteroatoms. The molecule has 258 valence electrons. The maximum atomic E-state index is 6.45. The molecule has 11 rings (SSSR count). The molecular formula is C52H34N2O. The number of fused-ring (bicyclic) bond motifs is 7. The normalized spacial score (nSPS) is 14.7. The summed E-state index contributed by atoms with van der Waals surface area (Å²) in [6.07, 6.45) is 0. The quantitative estimate of drug-likeness (QED) is 0.179. The molecular weight excluding hydrogens is 669 g/mol. The van der Waals surface area contributed by atoms with Crippen molar-refractivity contribution in [2.75, 3.05) is 0 Å². The Hall–Kier alpha value is -7.10. The van der Waals surface area contributed by atoms with Gasteiger partial charge in [0.1, 0.15) is 11.2 Å². The first-order valence-corrected chi connectivity index (χ1v) is 18.8. The number of hydrogen-bond donors (Lipinski definition) is 0. The molecule has 0 aliphatic heterocycles. The van der Waals surface area contributed by atoms with Crippen molar-refractivity contribution >= 4 is 32.7 Å². The third-order valence-corrected chi connectivity index (χ3v) is 11.6. The summed E-state index contributed by atoms with van der Waals surface area (Å²) in [5, 5.41) is 4.60. The van der Waals surface area contributed by atoms with E-state index >= 15 is 0 Å². The van der Waals surface area contributed by atoms with E-state index in [9.17, 15) is 0 Å². The molecule has 0 amide bonds. The lowest BCUT2D eigenvalue weighted by Crippen LogP contribution is -2.22. The number of hydrogen-bond acceptors (Lipinski definition) is 3. The molecule has 1 aliphatic carbocycles. The molecule has 1 aliphatic rings. The average Bonchev–Trinajstić information content (AvgIpc) is 3.76. The predicted octanol–water partition coefficient (Wildman–Crippen LogP) is 13.5. The summed E-state index contributed by atoms with van der Waals surface area (Å²) in [6, 6.07) is 66.8. The fourth-order valence-corrected chi connectivity index (χ4v) is 8.89. The van der Waals surface area contributed by atoms with E-state index in [-0.39, 0.29) is 5.41 Å². The highest BCUT2D eigenvalue weighted by Gasteiger charge is 2.41. The maximum absolute atomic E-state index is 6.45. The van der Waals surface area contributed by atoms with Crippen LogP contribution in [0.1, 0.15) is 23.6 Å². The van der Waals surface area contributed by atoms with Crippen LogP contribution in [0.3, 0.4) is 0 Å². The fraction of sp³-hybridized carbons (Fsp3) is 0.0385. The lowest BCUT2D eigenvalue weighted by atomic mass is 9.74. The maximum Gasteiger partial charge on any atom is 0.160 e. The molecule has 0 N–H and O–H groups in total. The Bertz CT molecular complexity index is 3110. The van der Waals surface area contributed by atoms with Crippen molar-refractivity contribution in [2.45, 2.75) is 12.3 Å². The first-order chi connectivity index (χ1) is 27.1. The van der Waals surface area contributed by atoms with Crippen LogP contribution in [0.2, 0.25) is 0 Å². The van der Waals surface area contributed by atoms with Gasteiger partial charge in [0, 0.05) is 32.9 Å². The summed E-state index contributed by atoms with van der Waals surface area (Å²) in [4.78, 5) is 10.6. The Kier molecular flexibility index (Phi) is 6.99. The first-order valence-electron chi connectivity index (χ1n) is 18.8. The zero-order valence-electron chi connectivity index (χ0n) is 30.2. The van der Waals surface area contributed by atoms with Crippen LogP contribution >= 0.6 is 0 Å². The smallest absolute Gasteiger partial charge is 0.160 e. The molecule has 0 radical (unpaired) electrons. The molecule has 10 aromatic rings. The topological polar surface area (TPSA) is 38.9 Å². The van der Waals surface area contributed by atoms with Gasteiger partial charge in [-0.05, 0) is 87.0 Å². The molecule has 2 heterocycles. The molecule has 1 unspecified atom stereocenters. The number of aromatic nitrogens is 2. The Labute approximate surface area is 319 Å². The molecule has 0 bridgehead atoms. The number of benzene rings is 8. The minimum Gasteiger partial charge on any atom is -0.456 e. The monoisotopic (exact) mass is 702 g/mol. The molecule has 0 spiro atoms. The molecule has 55 heavy (non-hydrogen) atoms. The van der Waals surface area contributed by atoms with E-state index in [1.165, 1.54) is 38.6 Å². The number of furan rings is 1. The van der Waals surface area contributed by atoms with Crippen LogP contribution in [-0.2, 0) is 5.41 Å². The molecule has 3 nitrogen and oxygen atoms in total. The van der Waals surface area contributed by atoms with Crippen molar-refractivity contribution in [3.63, 3.8) is 0 Å².